The van der Waals surface area contributed by atoms with Crippen LogP contribution in [-0.2, 0) is 0 Å². The van der Waals surface area contributed by atoms with Crippen molar-refractivity contribution in [3.05, 3.63) is 36.8 Å². The van der Waals surface area contributed by atoms with Gasteiger partial charge in [-0.2, -0.15) is 15.4 Å². The van der Waals surface area contributed by atoms with Crippen molar-refractivity contribution in [3.8, 4) is 11.3 Å². The smallest absolute Gasteiger partial charge is 0.163 e. The molecule has 3 aromatic rings. The Morgan fingerprint density at radius 3 is 2.95 bits per heavy atom. The van der Waals surface area contributed by atoms with Crippen LogP contribution < -0.4 is 5.32 Å². The number of fused-ring (bicyclic) bond motifs is 2. The summed E-state index contributed by atoms with van der Waals surface area (Å²) < 4.78 is 0. The van der Waals surface area contributed by atoms with Gasteiger partial charge in [-0.05, 0) is 12.1 Å². The first-order chi connectivity index (χ1) is 9.40. The molecule has 0 spiro atoms. The minimum atomic E-state index is 0.789. The van der Waals surface area contributed by atoms with E-state index in [1.807, 2.05) is 12.1 Å². The number of nitrogens with one attached hydrogen (secondary N) is 2. The number of aromatic nitrogens is 5. The normalized spacial score (nSPS) is 12.4. The first-order valence-corrected chi connectivity index (χ1v) is 6.48. The van der Waals surface area contributed by atoms with Crippen LogP contribution >= 0.6 is 11.8 Å². The number of benzene rings is 1. The Kier molecular flexibility index (Phi) is 2.25. The molecule has 0 unspecified atom stereocenters. The number of anilines is 2. The Labute approximate surface area is 112 Å². The monoisotopic (exact) mass is 268 g/mol. The topological polar surface area (TPSA) is 79.4 Å². The fraction of sp³-hybridized carbons (Fsp3) is 0. The van der Waals surface area contributed by atoms with Gasteiger partial charge < -0.3 is 5.32 Å². The van der Waals surface area contributed by atoms with Crippen molar-refractivity contribution in [2.24, 2.45) is 0 Å². The third-order valence-corrected chi connectivity index (χ3v) is 3.88. The van der Waals surface area contributed by atoms with Gasteiger partial charge in [0, 0.05) is 22.9 Å². The van der Waals surface area contributed by atoms with Gasteiger partial charge in [0.05, 0.1) is 11.9 Å². The van der Waals surface area contributed by atoms with Crippen LogP contribution in [0.5, 0.6) is 0 Å². The van der Waals surface area contributed by atoms with Gasteiger partial charge in [0.1, 0.15) is 10.7 Å². The number of nitrogens with zero attached hydrogens (tertiary/aromatic N) is 4. The van der Waals surface area contributed by atoms with E-state index in [0.29, 0.717) is 0 Å². The van der Waals surface area contributed by atoms with Crippen molar-refractivity contribution >= 4 is 23.3 Å². The summed E-state index contributed by atoms with van der Waals surface area (Å²) in [5.74, 6) is 0.789. The fourth-order valence-electron chi connectivity index (χ4n) is 1.93. The van der Waals surface area contributed by atoms with Gasteiger partial charge >= 0.3 is 0 Å². The van der Waals surface area contributed by atoms with Gasteiger partial charge in [-0.3, -0.25) is 0 Å². The van der Waals surface area contributed by atoms with E-state index in [4.69, 9.17) is 0 Å². The van der Waals surface area contributed by atoms with Gasteiger partial charge in [-0.15, -0.1) is 0 Å². The van der Waals surface area contributed by atoms with Gasteiger partial charge in [0.15, 0.2) is 5.82 Å². The summed E-state index contributed by atoms with van der Waals surface area (Å²) in [5, 5.41) is 14.7. The quantitative estimate of drug-likeness (QED) is 0.552. The lowest BCUT2D eigenvalue weighted by Crippen LogP contribution is -2.03. The van der Waals surface area contributed by atoms with Crippen LogP contribution in [0.15, 0.2) is 46.7 Å². The van der Waals surface area contributed by atoms with Crippen LogP contribution in [0.1, 0.15) is 0 Å². The lowest BCUT2D eigenvalue weighted by molar-refractivity contribution is 0.942. The summed E-state index contributed by atoms with van der Waals surface area (Å²) in [6, 6.07) is 6.11. The first-order valence-electron chi connectivity index (χ1n) is 5.66. The van der Waals surface area contributed by atoms with E-state index in [0.717, 1.165) is 32.7 Å². The maximum absolute atomic E-state index is 4.30. The summed E-state index contributed by atoms with van der Waals surface area (Å²) in [6.07, 6.45) is 5.08. The molecule has 3 heterocycles. The van der Waals surface area contributed by atoms with Crippen LogP contribution in [0.4, 0.5) is 11.5 Å². The van der Waals surface area contributed by atoms with Crippen molar-refractivity contribution in [3.63, 3.8) is 0 Å². The second-order valence-electron chi connectivity index (χ2n) is 4.00. The second-order valence-corrected chi connectivity index (χ2v) is 5.03. The van der Waals surface area contributed by atoms with E-state index >= 15 is 0 Å². The van der Waals surface area contributed by atoms with Crippen LogP contribution in [0.2, 0.25) is 0 Å². The highest BCUT2D eigenvalue weighted by Gasteiger charge is 2.18. The first kappa shape index (κ1) is 10.5. The molecule has 1 aliphatic heterocycles. The largest absolute Gasteiger partial charge is 0.337 e. The van der Waals surface area contributed by atoms with E-state index in [1.54, 1.807) is 30.4 Å². The second kappa shape index (κ2) is 4.06. The predicted octanol–water partition coefficient (Wildman–Crippen LogP) is 2.47. The molecule has 1 aromatic carbocycles. The molecule has 0 fully saturated rings. The Morgan fingerprint density at radius 1 is 1.11 bits per heavy atom. The minimum absolute atomic E-state index is 0.789. The molecule has 2 aromatic heterocycles. The average Bonchev–Trinajstić information content (AvgIpc) is 2.98. The lowest BCUT2D eigenvalue weighted by Gasteiger charge is -2.18. The average molecular weight is 268 g/mol. The van der Waals surface area contributed by atoms with Crippen molar-refractivity contribution in [1.29, 1.82) is 0 Å². The Balaban J connectivity index is 1.78. The number of aromatic amines is 1. The highest BCUT2D eigenvalue weighted by Crippen LogP contribution is 2.42. The molecule has 19 heavy (non-hydrogen) atoms. The van der Waals surface area contributed by atoms with Gasteiger partial charge in [-0.25, -0.2) is 9.97 Å². The fourth-order valence-corrected chi connectivity index (χ4v) is 2.81. The molecule has 6 nitrogen and oxygen atoms in total. The van der Waals surface area contributed by atoms with E-state index in [1.165, 1.54) is 0 Å². The molecule has 0 amide bonds. The molecule has 2 N–H and O–H groups in total. The van der Waals surface area contributed by atoms with Crippen molar-refractivity contribution in [1.82, 2.24) is 25.4 Å². The third-order valence-electron chi connectivity index (χ3n) is 2.81. The van der Waals surface area contributed by atoms with Crippen molar-refractivity contribution in [2.45, 2.75) is 9.92 Å². The molecule has 0 radical (unpaired) electrons. The summed E-state index contributed by atoms with van der Waals surface area (Å²) in [6.45, 7) is 0. The molecule has 0 atom stereocenters. The van der Waals surface area contributed by atoms with Crippen LogP contribution in [-0.4, -0.2) is 25.4 Å². The molecule has 4 rings (SSSR count). The zero-order valence-electron chi connectivity index (χ0n) is 9.66. The van der Waals surface area contributed by atoms with Gasteiger partial charge in [0.2, 0.25) is 0 Å². The van der Waals surface area contributed by atoms with E-state index in [-0.39, 0.29) is 0 Å². The Hall–Kier alpha value is -2.41. The van der Waals surface area contributed by atoms with Gasteiger partial charge in [0.25, 0.3) is 0 Å². The zero-order valence-corrected chi connectivity index (χ0v) is 10.5. The lowest BCUT2D eigenvalue weighted by atomic mass is 10.1. The molecule has 1 aliphatic rings. The highest BCUT2D eigenvalue weighted by atomic mass is 32.2. The van der Waals surface area contributed by atoms with Crippen LogP contribution in [0.3, 0.4) is 0 Å². The molecule has 0 aliphatic carbocycles. The molecule has 0 saturated carbocycles. The molecule has 7 heteroatoms. The summed E-state index contributed by atoms with van der Waals surface area (Å²) in [5.41, 5.74) is 2.84. The van der Waals surface area contributed by atoms with Crippen LogP contribution in [0, 0.1) is 0 Å². The summed E-state index contributed by atoms with van der Waals surface area (Å²) in [4.78, 5) is 9.71. The number of H-pyrrole nitrogens is 1. The molecule has 0 bridgehead atoms. The number of hydrogen-bond acceptors (Lipinski definition) is 6. The predicted molar refractivity (Wildman–Crippen MR) is 71.3 cm³/mol. The maximum atomic E-state index is 4.30. The third kappa shape index (κ3) is 1.75. The highest BCUT2D eigenvalue weighted by molar-refractivity contribution is 7.99. The molecule has 0 saturated heterocycles. The maximum Gasteiger partial charge on any atom is 0.163 e. The molecule has 92 valence electrons. The summed E-state index contributed by atoms with van der Waals surface area (Å²) >= 11 is 1.61. The van der Waals surface area contributed by atoms with Gasteiger partial charge in [-0.1, -0.05) is 17.8 Å². The van der Waals surface area contributed by atoms with Crippen molar-refractivity contribution in [2.75, 3.05) is 5.32 Å². The molecular formula is C12H8N6S. The minimum Gasteiger partial charge on any atom is -0.337 e. The molecular weight excluding hydrogens is 260 g/mol. The number of rotatable bonds is 1. The van der Waals surface area contributed by atoms with E-state index in [2.05, 4.69) is 36.8 Å². The SMILES string of the molecule is c1cnc2c(n1)Nc1cc(-c3cn[nH]n3)ccc1S2. The summed E-state index contributed by atoms with van der Waals surface area (Å²) in [7, 11) is 0. The van der Waals surface area contributed by atoms with Crippen LogP contribution in [0.25, 0.3) is 11.3 Å². The Bertz CT molecular complexity index is 740. The standard InChI is InChI=1S/C12H8N6S/c1-2-10-8(5-7(1)9-6-15-18-17-9)16-11-12(19-10)14-4-3-13-11/h1-6H,(H,13,16)(H,15,17,18). The van der Waals surface area contributed by atoms with E-state index in [9.17, 15) is 0 Å². The zero-order chi connectivity index (χ0) is 12.7. The van der Waals surface area contributed by atoms with Crippen molar-refractivity contribution < 1.29 is 0 Å². The Morgan fingerprint density at radius 2 is 2.05 bits per heavy atom. The van der Waals surface area contributed by atoms with E-state index < -0.39 is 0 Å². The number of hydrogen-bond donors (Lipinski definition) is 2.